The summed E-state index contributed by atoms with van der Waals surface area (Å²) in [5.74, 6) is 2.09. The van der Waals surface area contributed by atoms with Crippen LogP contribution in [0.2, 0.25) is 0 Å². The van der Waals surface area contributed by atoms with E-state index in [1.54, 1.807) is 6.07 Å². The third kappa shape index (κ3) is 2.75. The van der Waals surface area contributed by atoms with Gasteiger partial charge in [0.05, 0.1) is 11.8 Å². The predicted molar refractivity (Wildman–Crippen MR) is 66.8 cm³/mol. The fourth-order valence-corrected chi connectivity index (χ4v) is 1.87. The summed E-state index contributed by atoms with van der Waals surface area (Å²) < 4.78 is 16.7. The molecule has 0 aromatic heterocycles. The largest absolute Gasteiger partial charge is 0.488 e. The Labute approximate surface area is 102 Å². The van der Waals surface area contributed by atoms with Gasteiger partial charge in [0.2, 0.25) is 0 Å². The quantitative estimate of drug-likeness (QED) is 0.818. The van der Waals surface area contributed by atoms with Gasteiger partial charge in [-0.15, -0.1) is 0 Å². The zero-order valence-electron chi connectivity index (χ0n) is 10.4. The van der Waals surface area contributed by atoms with Gasteiger partial charge in [0.1, 0.15) is 19.0 Å². The Kier molecular flexibility index (Phi) is 3.61. The number of hydrogen-bond donors (Lipinski definition) is 1. The lowest BCUT2D eigenvalue weighted by Gasteiger charge is -2.21. The lowest BCUT2D eigenvalue weighted by atomic mass is 10.2. The van der Waals surface area contributed by atoms with Crippen LogP contribution in [0.3, 0.4) is 0 Å². The van der Waals surface area contributed by atoms with Crippen molar-refractivity contribution in [2.75, 3.05) is 18.9 Å². The maximum atomic E-state index is 5.93. The van der Waals surface area contributed by atoms with Crippen LogP contribution in [0.15, 0.2) is 12.1 Å². The number of hydrogen-bond acceptors (Lipinski definition) is 4. The van der Waals surface area contributed by atoms with Gasteiger partial charge in [0, 0.05) is 12.1 Å². The predicted octanol–water partition coefficient (Wildman–Crippen LogP) is 2.61. The molecule has 4 nitrogen and oxygen atoms in total. The van der Waals surface area contributed by atoms with Crippen molar-refractivity contribution in [1.82, 2.24) is 0 Å². The number of anilines is 1. The first-order chi connectivity index (χ1) is 8.20. The van der Waals surface area contributed by atoms with Crippen LogP contribution in [0.5, 0.6) is 17.2 Å². The van der Waals surface area contributed by atoms with Crippen LogP contribution in [0, 0.1) is 0 Å². The average molecular weight is 237 g/mol. The Hall–Kier alpha value is -1.58. The molecule has 0 saturated carbocycles. The van der Waals surface area contributed by atoms with Crippen LogP contribution in [0.1, 0.15) is 26.7 Å². The molecule has 0 aliphatic carbocycles. The minimum Gasteiger partial charge on any atom is -0.488 e. The molecule has 1 atom stereocenters. The fraction of sp³-hybridized carbons (Fsp3) is 0.538. The molecule has 1 aromatic carbocycles. The zero-order chi connectivity index (χ0) is 12.3. The van der Waals surface area contributed by atoms with Gasteiger partial charge >= 0.3 is 0 Å². The van der Waals surface area contributed by atoms with E-state index in [1.165, 1.54) is 0 Å². The number of nitrogen functional groups attached to an aromatic ring is 1. The maximum Gasteiger partial charge on any atom is 0.165 e. The number of nitrogens with two attached hydrogens (primary N) is 1. The van der Waals surface area contributed by atoms with E-state index in [0.717, 1.165) is 12.8 Å². The first-order valence-electron chi connectivity index (χ1n) is 6.06. The van der Waals surface area contributed by atoms with E-state index in [1.807, 2.05) is 13.0 Å². The fourth-order valence-electron chi connectivity index (χ4n) is 1.87. The van der Waals surface area contributed by atoms with Gasteiger partial charge in [-0.3, -0.25) is 0 Å². The number of benzene rings is 1. The van der Waals surface area contributed by atoms with Crippen molar-refractivity contribution in [1.29, 1.82) is 0 Å². The van der Waals surface area contributed by atoms with Crippen molar-refractivity contribution in [3.63, 3.8) is 0 Å². The maximum absolute atomic E-state index is 5.93. The first-order valence-corrected chi connectivity index (χ1v) is 6.06. The molecule has 2 N–H and O–H groups in total. The summed E-state index contributed by atoms with van der Waals surface area (Å²) in [5, 5.41) is 0. The second-order valence-corrected chi connectivity index (χ2v) is 4.25. The molecule has 94 valence electrons. The van der Waals surface area contributed by atoms with Crippen molar-refractivity contribution >= 4 is 5.69 Å². The van der Waals surface area contributed by atoms with Gasteiger partial charge in [0.15, 0.2) is 11.5 Å². The number of fused-ring (bicyclic) bond motifs is 1. The van der Waals surface area contributed by atoms with Gasteiger partial charge in [-0.25, -0.2) is 0 Å². The molecule has 2 rings (SSSR count). The average Bonchev–Trinajstić information content (AvgIpc) is 2.30. The van der Waals surface area contributed by atoms with Crippen LogP contribution >= 0.6 is 0 Å². The van der Waals surface area contributed by atoms with Crippen molar-refractivity contribution in [2.24, 2.45) is 0 Å². The van der Waals surface area contributed by atoms with E-state index in [2.05, 4.69) is 6.92 Å². The minimum atomic E-state index is 0.157. The Morgan fingerprint density at radius 2 is 1.94 bits per heavy atom. The van der Waals surface area contributed by atoms with E-state index in [9.17, 15) is 0 Å². The van der Waals surface area contributed by atoms with Gasteiger partial charge in [-0.2, -0.15) is 0 Å². The molecule has 1 aliphatic rings. The molecule has 17 heavy (non-hydrogen) atoms. The van der Waals surface area contributed by atoms with Crippen LogP contribution in [-0.4, -0.2) is 19.3 Å². The molecule has 4 heteroatoms. The van der Waals surface area contributed by atoms with Crippen molar-refractivity contribution in [3.8, 4) is 17.2 Å². The van der Waals surface area contributed by atoms with Gasteiger partial charge in [-0.1, -0.05) is 13.3 Å². The Balaban J connectivity index is 2.16. The lowest BCUT2D eigenvalue weighted by Crippen LogP contribution is -2.17. The smallest absolute Gasteiger partial charge is 0.165 e. The van der Waals surface area contributed by atoms with Crippen LogP contribution in [0.4, 0.5) is 5.69 Å². The van der Waals surface area contributed by atoms with Crippen LogP contribution in [-0.2, 0) is 0 Å². The third-order valence-corrected chi connectivity index (χ3v) is 2.70. The zero-order valence-corrected chi connectivity index (χ0v) is 10.4. The van der Waals surface area contributed by atoms with E-state index in [0.29, 0.717) is 36.1 Å². The lowest BCUT2D eigenvalue weighted by molar-refractivity contribution is 0.168. The molecule has 1 heterocycles. The Bertz CT molecular complexity index is 392. The normalized spacial score (nSPS) is 15.4. The second-order valence-electron chi connectivity index (χ2n) is 4.25. The number of ether oxygens (including phenoxy) is 3. The summed E-state index contributed by atoms with van der Waals surface area (Å²) in [4.78, 5) is 0. The Morgan fingerprint density at radius 1 is 1.29 bits per heavy atom. The molecule has 0 bridgehead atoms. The topological polar surface area (TPSA) is 53.7 Å². The highest BCUT2D eigenvalue weighted by Crippen LogP contribution is 2.38. The molecular formula is C13H19NO3. The molecular weight excluding hydrogens is 218 g/mol. The highest BCUT2D eigenvalue weighted by atomic mass is 16.6. The molecule has 1 unspecified atom stereocenters. The molecule has 0 saturated heterocycles. The SMILES string of the molecule is CCCC(C)Oc1cc2c(cc1N)OCCO2. The van der Waals surface area contributed by atoms with E-state index in [4.69, 9.17) is 19.9 Å². The van der Waals surface area contributed by atoms with E-state index >= 15 is 0 Å². The second kappa shape index (κ2) is 5.17. The molecule has 0 fully saturated rings. The highest BCUT2D eigenvalue weighted by Gasteiger charge is 2.16. The molecule has 0 radical (unpaired) electrons. The van der Waals surface area contributed by atoms with Gasteiger partial charge in [-0.05, 0) is 13.3 Å². The highest BCUT2D eigenvalue weighted by molar-refractivity contribution is 5.62. The van der Waals surface area contributed by atoms with Gasteiger partial charge in [0.25, 0.3) is 0 Å². The van der Waals surface area contributed by atoms with E-state index < -0.39 is 0 Å². The number of rotatable bonds is 4. The molecule has 1 aliphatic heterocycles. The Morgan fingerprint density at radius 3 is 2.59 bits per heavy atom. The van der Waals surface area contributed by atoms with Crippen molar-refractivity contribution in [3.05, 3.63) is 12.1 Å². The molecule has 1 aromatic rings. The standard InChI is InChI=1S/C13H19NO3/c1-3-4-9(2)17-11-8-13-12(7-10(11)14)15-5-6-16-13/h7-9H,3-6,14H2,1-2H3. The summed E-state index contributed by atoms with van der Waals surface area (Å²) in [6.07, 6.45) is 2.25. The van der Waals surface area contributed by atoms with Crippen LogP contribution in [0.25, 0.3) is 0 Å². The summed E-state index contributed by atoms with van der Waals surface area (Å²) in [6, 6.07) is 3.58. The summed E-state index contributed by atoms with van der Waals surface area (Å²) in [5.41, 5.74) is 6.52. The summed E-state index contributed by atoms with van der Waals surface area (Å²) in [7, 11) is 0. The molecule has 0 amide bonds. The van der Waals surface area contributed by atoms with Gasteiger partial charge < -0.3 is 19.9 Å². The first kappa shape index (κ1) is 11.9. The van der Waals surface area contributed by atoms with Crippen LogP contribution < -0.4 is 19.9 Å². The third-order valence-electron chi connectivity index (χ3n) is 2.70. The summed E-state index contributed by atoms with van der Waals surface area (Å²) in [6.45, 7) is 5.31. The monoisotopic (exact) mass is 237 g/mol. The van der Waals surface area contributed by atoms with E-state index in [-0.39, 0.29) is 6.10 Å². The molecule has 0 spiro atoms. The van der Waals surface area contributed by atoms with Crippen molar-refractivity contribution in [2.45, 2.75) is 32.8 Å². The summed E-state index contributed by atoms with van der Waals surface area (Å²) >= 11 is 0. The minimum absolute atomic E-state index is 0.157. The van der Waals surface area contributed by atoms with Crippen molar-refractivity contribution < 1.29 is 14.2 Å².